The van der Waals surface area contributed by atoms with Crippen LogP contribution in [0.25, 0.3) is 11.0 Å². The van der Waals surface area contributed by atoms with E-state index in [1.165, 1.54) is 6.33 Å². The molecular weight excluding hydrogens is 302 g/mol. The molecule has 0 radical (unpaired) electrons. The number of aliphatic hydroxyl groups is 1. The molecule has 1 atom stereocenters. The minimum absolute atomic E-state index is 0.137. The van der Waals surface area contributed by atoms with Crippen LogP contribution in [0.2, 0.25) is 0 Å². The number of ether oxygens (including phenoxy) is 1. The Kier molecular flexibility index (Phi) is 4.64. The summed E-state index contributed by atoms with van der Waals surface area (Å²) in [5.41, 5.74) is 1.80. The fourth-order valence-electron chi connectivity index (χ4n) is 2.37. The molecule has 1 heterocycles. The average Bonchev–Trinajstić information content (AvgIpc) is 2.91. The fraction of sp³-hybridized carbons (Fsp3) is 0.235. The maximum atomic E-state index is 13.3. The summed E-state index contributed by atoms with van der Waals surface area (Å²) in [5.74, 6) is -1.87. The van der Waals surface area contributed by atoms with Gasteiger partial charge in [0, 0.05) is 12.1 Å². The Morgan fingerprint density at radius 1 is 1.13 bits per heavy atom. The van der Waals surface area contributed by atoms with Crippen molar-refractivity contribution in [1.82, 2.24) is 9.55 Å². The maximum absolute atomic E-state index is 13.3. The monoisotopic (exact) mass is 318 g/mol. The Hall–Kier alpha value is -2.31. The highest BCUT2D eigenvalue weighted by atomic mass is 19.2. The van der Waals surface area contributed by atoms with Crippen LogP contribution in [0.15, 0.2) is 48.8 Å². The second-order valence-electron chi connectivity index (χ2n) is 5.31. The predicted octanol–water partition coefficient (Wildman–Crippen LogP) is 2.89. The minimum Gasteiger partial charge on any atom is -0.389 e. The van der Waals surface area contributed by atoms with Crippen molar-refractivity contribution in [3.63, 3.8) is 0 Å². The van der Waals surface area contributed by atoms with Gasteiger partial charge in [0.1, 0.15) is 0 Å². The first-order chi connectivity index (χ1) is 11.1. The van der Waals surface area contributed by atoms with Crippen molar-refractivity contribution in [3.8, 4) is 0 Å². The van der Waals surface area contributed by atoms with Gasteiger partial charge in [0.2, 0.25) is 0 Å². The summed E-state index contributed by atoms with van der Waals surface area (Å²) >= 11 is 0. The summed E-state index contributed by atoms with van der Waals surface area (Å²) in [6, 6.07) is 11.8. The van der Waals surface area contributed by atoms with E-state index >= 15 is 0 Å². The third-order valence-corrected chi connectivity index (χ3v) is 3.49. The molecule has 1 N–H and O–H groups in total. The summed E-state index contributed by atoms with van der Waals surface area (Å²) in [4.78, 5) is 4.01. The van der Waals surface area contributed by atoms with Gasteiger partial charge in [-0.15, -0.1) is 0 Å². The Bertz CT molecular complexity index is 790. The van der Waals surface area contributed by atoms with Crippen molar-refractivity contribution in [2.24, 2.45) is 0 Å². The van der Waals surface area contributed by atoms with E-state index in [0.717, 1.165) is 17.7 Å². The van der Waals surface area contributed by atoms with Crippen LogP contribution in [0, 0.1) is 11.6 Å². The normalized spacial score (nSPS) is 12.7. The molecule has 3 rings (SSSR count). The lowest BCUT2D eigenvalue weighted by atomic mass is 10.2. The fourth-order valence-corrected chi connectivity index (χ4v) is 2.37. The van der Waals surface area contributed by atoms with Crippen molar-refractivity contribution in [1.29, 1.82) is 0 Å². The topological polar surface area (TPSA) is 47.3 Å². The van der Waals surface area contributed by atoms with Crippen molar-refractivity contribution >= 4 is 11.0 Å². The molecule has 0 fully saturated rings. The summed E-state index contributed by atoms with van der Waals surface area (Å²) < 4.78 is 33.5. The lowest BCUT2D eigenvalue weighted by molar-refractivity contribution is 0.0208. The molecule has 0 aliphatic heterocycles. The van der Waals surface area contributed by atoms with Gasteiger partial charge >= 0.3 is 0 Å². The summed E-state index contributed by atoms with van der Waals surface area (Å²) in [5, 5.41) is 10.0. The summed E-state index contributed by atoms with van der Waals surface area (Å²) in [6.45, 7) is 0.733. The zero-order valence-electron chi connectivity index (χ0n) is 12.3. The molecule has 2 aromatic carbocycles. The number of aromatic nitrogens is 2. The summed E-state index contributed by atoms with van der Waals surface area (Å²) in [7, 11) is 0. The zero-order chi connectivity index (χ0) is 16.2. The number of hydrogen-bond donors (Lipinski definition) is 1. The van der Waals surface area contributed by atoms with Crippen molar-refractivity contribution < 1.29 is 18.6 Å². The molecular formula is C17H16F2N2O2. The first-order valence-electron chi connectivity index (χ1n) is 7.23. The Morgan fingerprint density at radius 3 is 2.65 bits per heavy atom. The molecule has 1 unspecified atom stereocenters. The maximum Gasteiger partial charge on any atom is 0.161 e. The Balaban J connectivity index is 1.59. The quantitative estimate of drug-likeness (QED) is 0.760. The average molecular weight is 318 g/mol. The number of halogens is 2. The van der Waals surface area contributed by atoms with Gasteiger partial charge in [-0.05, 0) is 5.56 Å². The van der Waals surface area contributed by atoms with Crippen LogP contribution in [0.1, 0.15) is 5.56 Å². The molecule has 0 saturated heterocycles. The molecule has 120 valence electrons. The molecule has 0 bridgehead atoms. The molecule has 3 aromatic rings. The van der Waals surface area contributed by atoms with Crippen LogP contribution in [0.5, 0.6) is 0 Å². The van der Waals surface area contributed by atoms with E-state index in [1.54, 1.807) is 4.57 Å². The third kappa shape index (κ3) is 3.72. The smallest absolute Gasteiger partial charge is 0.161 e. The number of rotatable bonds is 6. The van der Waals surface area contributed by atoms with Gasteiger partial charge in [-0.1, -0.05) is 30.3 Å². The summed E-state index contributed by atoms with van der Waals surface area (Å²) in [6.07, 6.45) is 0.675. The molecule has 0 aliphatic rings. The first kappa shape index (κ1) is 15.6. The van der Waals surface area contributed by atoms with Crippen molar-refractivity contribution in [2.45, 2.75) is 19.3 Å². The molecule has 0 spiro atoms. The lowest BCUT2D eigenvalue weighted by Crippen LogP contribution is -2.21. The van der Waals surface area contributed by atoms with E-state index in [-0.39, 0.29) is 13.2 Å². The SMILES string of the molecule is OC(COCc1ccccc1)Cn1cnc2cc(F)c(F)cc21. The van der Waals surface area contributed by atoms with Gasteiger partial charge in [0.15, 0.2) is 11.6 Å². The van der Waals surface area contributed by atoms with E-state index in [2.05, 4.69) is 4.98 Å². The predicted molar refractivity (Wildman–Crippen MR) is 81.8 cm³/mol. The van der Waals surface area contributed by atoms with Gasteiger partial charge in [-0.25, -0.2) is 13.8 Å². The van der Waals surface area contributed by atoms with Gasteiger partial charge < -0.3 is 14.4 Å². The van der Waals surface area contributed by atoms with Gasteiger partial charge in [0.25, 0.3) is 0 Å². The molecule has 0 amide bonds. The van der Waals surface area contributed by atoms with Crippen LogP contribution in [0.4, 0.5) is 8.78 Å². The van der Waals surface area contributed by atoms with Crippen molar-refractivity contribution in [2.75, 3.05) is 6.61 Å². The zero-order valence-corrected chi connectivity index (χ0v) is 12.3. The Labute approximate surface area is 132 Å². The van der Waals surface area contributed by atoms with E-state index in [4.69, 9.17) is 4.74 Å². The highest BCUT2D eigenvalue weighted by Crippen LogP contribution is 2.17. The van der Waals surface area contributed by atoms with Crippen LogP contribution >= 0.6 is 0 Å². The van der Waals surface area contributed by atoms with E-state index in [9.17, 15) is 13.9 Å². The van der Waals surface area contributed by atoms with Crippen LogP contribution in [-0.4, -0.2) is 27.4 Å². The molecule has 0 saturated carbocycles. The van der Waals surface area contributed by atoms with E-state index in [1.807, 2.05) is 30.3 Å². The number of hydrogen-bond acceptors (Lipinski definition) is 3. The highest BCUT2D eigenvalue weighted by molar-refractivity contribution is 5.75. The van der Waals surface area contributed by atoms with E-state index in [0.29, 0.717) is 17.6 Å². The van der Waals surface area contributed by atoms with Gasteiger partial charge in [-0.2, -0.15) is 0 Å². The molecule has 4 nitrogen and oxygen atoms in total. The third-order valence-electron chi connectivity index (χ3n) is 3.49. The second kappa shape index (κ2) is 6.85. The standard InChI is InChI=1S/C17H16F2N2O2/c18-14-6-16-17(7-15(14)19)21(11-20-16)8-13(22)10-23-9-12-4-2-1-3-5-12/h1-7,11,13,22H,8-10H2. The number of imidazole rings is 1. The minimum atomic E-state index is -0.936. The lowest BCUT2D eigenvalue weighted by Gasteiger charge is -2.13. The number of fused-ring (bicyclic) bond motifs is 1. The largest absolute Gasteiger partial charge is 0.389 e. The van der Waals surface area contributed by atoms with Crippen LogP contribution in [0.3, 0.4) is 0 Å². The van der Waals surface area contributed by atoms with Crippen LogP contribution in [-0.2, 0) is 17.9 Å². The molecule has 23 heavy (non-hydrogen) atoms. The number of aliphatic hydroxyl groups excluding tert-OH is 1. The first-order valence-corrected chi connectivity index (χ1v) is 7.23. The van der Waals surface area contributed by atoms with Crippen molar-refractivity contribution in [3.05, 3.63) is 66.0 Å². The highest BCUT2D eigenvalue weighted by Gasteiger charge is 2.12. The molecule has 6 heteroatoms. The van der Waals surface area contributed by atoms with Gasteiger partial charge in [-0.3, -0.25) is 0 Å². The second-order valence-corrected chi connectivity index (χ2v) is 5.31. The van der Waals surface area contributed by atoms with Crippen LogP contribution < -0.4 is 0 Å². The number of nitrogens with zero attached hydrogens (tertiary/aromatic N) is 2. The number of benzene rings is 2. The molecule has 0 aliphatic carbocycles. The Morgan fingerprint density at radius 2 is 1.87 bits per heavy atom. The van der Waals surface area contributed by atoms with E-state index < -0.39 is 17.7 Å². The molecule has 1 aromatic heterocycles. The van der Waals surface area contributed by atoms with Gasteiger partial charge in [0.05, 0.1) is 43.2 Å².